The first-order chi connectivity index (χ1) is 10.5. The van der Waals surface area contributed by atoms with Crippen LogP contribution in [0.1, 0.15) is 29.0 Å². The lowest BCUT2D eigenvalue weighted by Gasteiger charge is -2.23. The molecule has 0 saturated heterocycles. The van der Waals surface area contributed by atoms with Gasteiger partial charge in [0.25, 0.3) is 0 Å². The van der Waals surface area contributed by atoms with Crippen molar-refractivity contribution in [1.82, 2.24) is 4.90 Å². The molecule has 0 aliphatic carbocycles. The fourth-order valence-corrected chi connectivity index (χ4v) is 3.04. The molecule has 2 nitrogen and oxygen atoms in total. The molecule has 2 aromatic rings. The highest BCUT2D eigenvalue weighted by molar-refractivity contribution is 9.10. The third kappa shape index (κ3) is 4.38. The number of benzene rings is 2. The summed E-state index contributed by atoms with van der Waals surface area (Å²) in [7, 11) is 4.08. The predicted molar refractivity (Wildman–Crippen MR) is 91.5 cm³/mol. The molecule has 0 aliphatic heterocycles. The van der Waals surface area contributed by atoms with Crippen LogP contribution in [-0.2, 0) is 6.61 Å². The van der Waals surface area contributed by atoms with Crippen molar-refractivity contribution >= 4 is 15.9 Å². The van der Waals surface area contributed by atoms with E-state index < -0.39 is 0 Å². The largest absolute Gasteiger partial charge is 0.392 e. The summed E-state index contributed by atoms with van der Waals surface area (Å²) in [5, 5.41) is 9.67. The van der Waals surface area contributed by atoms with Crippen LogP contribution in [0.4, 0.5) is 4.39 Å². The van der Waals surface area contributed by atoms with Gasteiger partial charge in [0.2, 0.25) is 0 Å². The standard InChI is InChI=1S/C18H21BrFNO/c1-21(2)10-9-18(13-3-6-16(20)7-4-13)17-8-5-15(19)11-14(17)12-22/h3-8,11,18,22H,9-10,12H2,1-2H3. The van der Waals surface area contributed by atoms with E-state index in [0.29, 0.717) is 0 Å². The number of hydrogen-bond donors (Lipinski definition) is 1. The Morgan fingerprint density at radius 2 is 1.82 bits per heavy atom. The van der Waals surface area contributed by atoms with E-state index in [9.17, 15) is 9.50 Å². The first kappa shape index (κ1) is 17.1. The van der Waals surface area contributed by atoms with Crippen LogP contribution in [0.2, 0.25) is 0 Å². The molecular weight excluding hydrogens is 345 g/mol. The summed E-state index contributed by atoms with van der Waals surface area (Å²) in [6.07, 6.45) is 0.910. The van der Waals surface area contributed by atoms with Crippen molar-refractivity contribution in [2.75, 3.05) is 20.6 Å². The van der Waals surface area contributed by atoms with Crippen molar-refractivity contribution in [3.05, 3.63) is 69.4 Å². The summed E-state index contributed by atoms with van der Waals surface area (Å²) in [6, 6.07) is 12.6. The Bertz CT molecular complexity index is 613. The van der Waals surface area contributed by atoms with Crippen LogP contribution in [0.25, 0.3) is 0 Å². The van der Waals surface area contributed by atoms with Gasteiger partial charge in [-0.2, -0.15) is 0 Å². The molecule has 1 atom stereocenters. The lowest BCUT2D eigenvalue weighted by atomic mass is 9.85. The van der Waals surface area contributed by atoms with Gasteiger partial charge in [-0.15, -0.1) is 0 Å². The molecule has 2 aromatic carbocycles. The quantitative estimate of drug-likeness (QED) is 0.830. The van der Waals surface area contributed by atoms with Crippen molar-refractivity contribution in [2.24, 2.45) is 0 Å². The molecule has 1 unspecified atom stereocenters. The van der Waals surface area contributed by atoms with E-state index in [1.54, 1.807) is 0 Å². The number of hydrogen-bond acceptors (Lipinski definition) is 2. The molecule has 0 amide bonds. The zero-order valence-electron chi connectivity index (χ0n) is 12.9. The fourth-order valence-electron chi connectivity index (χ4n) is 2.64. The van der Waals surface area contributed by atoms with E-state index in [0.717, 1.165) is 34.1 Å². The fraction of sp³-hybridized carbons (Fsp3) is 0.333. The van der Waals surface area contributed by atoms with Gasteiger partial charge in [-0.05, 0) is 68.0 Å². The van der Waals surface area contributed by atoms with Crippen LogP contribution in [0.15, 0.2) is 46.9 Å². The van der Waals surface area contributed by atoms with Crippen LogP contribution in [0, 0.1) is 5.82 Å². The van der Waals surface area contributed by atoms with Crippen LogP contribution in [0.3, 0.4) is 0 Å². The number of aliphatic hydroxyl groups excluding tert-OH is 1. The van der Waals surface area contributed by atoms with E-state index in [1.807, 2.05) is 44.4 Å². The predicted octanol–water partition coefficient (Wildman–Crippen LogP) is 4.16. The van der Waals surface area contributed by atoms with Crippen LogP contribution < -0.4 is 0 Å². The molecule has 0 radical (unpaired) electrons. The van der Waals surface area contributed by atoms with Crippen molar-refractivity contribution in [1.29, 1.82) is 0 Å². The SMILES string of the molecule is CN(C)CCC(c1ccc(F)cc1)c1ccc(Br)cc1CO. The molecule has 0 aliphatic rings. The first-order valence-electron chi connectivity index (χ1n) is 7.30. The van der Waals surface area contributed by atoms with E-state index in [2.05, 4.69) is 20.8 Å². The smallest absolute Gasteiger partial charge is 0.123 e. The Hall–Kier alpha value is -1.23. The second-order valence-corrected chi connectivity index (χ2v) is 6.61. The second-order valence-electron chi connectivity index (χ2n) is 5.70. The van der Waals surface area contributed by atoms with Crippen LogP contribution >= 0.6 is 15.9 Å². The normalized spacial score (nSPS) is 12.6. The summed E-state index contributed by atoms with van der Waals surface area (Å²) in [5.74, 6) is -0.0912. The molecule has 0 spiro atoms. The number of aliphatic hydroxyl groups is 1. The van der Waals surface area contributed by atoms with E-state index in [4.69, 9.17) is 0 Å². The van der Waals surface area contributed by atoms with Gasteiger partial charge in [0.15, 0.2) is 0 Å². The number of halogens is 2. The lowest BCUT2D eigenvalue weighted by Crippen LogP contribution is -2.17. The maximum Gasteiger partial charge on any atom is 0.123 e. The highest BCUT2D eigenvalue weighted by Crippen LogP contribution is 2.32. The zero-order chi connectivity index (χ0) is 16.1. The highest BCUT2D eigenvalue weighted by Gasteiger charge is 2.18. The Labute approximate surface area is 139 Å². The van der Waals surface area contributed by atoms with Crippen molar-refractivity contribution in [3.63, 3.8) is 0 Å². The molecule has 0 heterocycles. The van der Waals surface area contributed by atoms with Gasteiger partial charge in [0, 0.05) is 10.4 Å². The molecule has 2 rings (SSSR count). The van der Waals surface area contributed by atoms with Gasteiger partial charge in [0.05, 0.1) is 6.61 Å². The van der Waals surface area contributed by atoms with Gasteiger partial charge in [-0.3, -0.25) is 0 Å². The van der Waals surface area contributed by atoms with E-state index >= 15 is 0 Å². The maximum absolute atomic E-state index is 13.2. The molecule has 0 aromatic heterocycles. The van der Waals surface area contributed by atoms with Gasteiger partial charge < -0.3 is 10.0 Å². The minimum Gasteiger partial charge on any atom is -0.392 e. The van der Waals surface area contributed by atoms with Crippen molar-refractivity contribution in [3.8, 4) is 0 Å². The Morgan fingerprint density at radius 1 is 1.14 bits per heavy atom. The molecule has 118 valence electrons. The Morgan fingerprint density at radius 3 is 2.41 bits per heavy atom. The molecule has 22 heavy (non-hydrogen) atoms. The van der Waals surface area contributed by atoms with Crippen molar-refractivity contribution in [2.45, 2.75) is 18.9 Å². The molecule has 0 bridgehead atoms. The van der Waals surface area contributed by atoms with Gasteiger partial charge in [-0.1, -0.05) is 34.1 Å². The summed E-state index contributed by atoms with van der Waals surface area (Å²) >= 11 is 3.45. The Kier molecular flexibility index (Phi) is 6.12. The second kappa shape index (κ2) is 7.86. The molecule has 1 N–H and O–H groups in total. The molecule has 0 saturated carbocycles. The first-order valence-corrected chi connectivity index (χ1v) is 8.10. The molecular formula is C18H21BrFNO. The van der Waals surface area contributed by atoms with Gasteiger partial charge >= 0.3 is 0 Å². The average Bonchev–Trinajstić information content (AvgIpc) is 2.49. The summed E-state index contributed by atoms with van der Waals surface area (Å²) in [5.41, 5.74) is 3.07. The number of nitrogens with zero attached hydrogens (tertiary/aromatic N) is 1. The van der Waals surface area contributed by atoms with Crippen molar-refractivity contribution < 1.29 is 9.50 Å². The third-order valence-corrected chi connectivity index (χ3v) is 4.28. The van der Waals surface area contributed by atoms with Gasteiger partial charge in [-0.25, -0.2) is 4.39 Å². The third-order valence-electron chi connectivity index (χ3n) is 3.79. The monoisotopic (exact) mass is 365 g/mol. The minimum atomic E-state index is -0.228. The zero-order valence-corrected chi connectivity index (χ0v) is 14.5. The van der Waals surface area contributed by atoms with E-state index in [-0.39, 0.29) is 18.3 Å². The number of rotatable bonds is 6. The van der Waals surface area contributed by atoms with E-state index in [1.165, 1.54) is 12.1 Å². The Balaban J connectivity index is 2.41. The summed E-state index contributed by atoms with van der Waals surface area (Å²) < 4.78 is 14.2. The molecule has 0 fully saturated rings. The van der Waals surface area contributed by atoms with Gasteiger partial charge in [0.1, 0.15) is 5.82 Å². The lowest BCUT2D eigenvalue weighted by molar-refractivity contribution is 0.279. The maximum atomic E-state index is 13.2. The average molecular weight is 366 g/mol. The summed E-state index contributed by atoms with van der Waals surface area (Å²) in [4.78, 5) is 2.13. The highest BCUT2D eigenvalue weighted by atomic mass is 79.9. The minimum absolute atomic E-state index is 0.00552. The topological polar surface area (TPSA) is 23.5 Å². The van der Waals surface area contributed by atoms with Crippen LogP contribution in [-0.4, -0.2) is 30.6 Å². The summed E-state index contributed by atoms with van der Waals surface area (Å²) in [6.45, 7) is 0.914. The molecule has 4 heteroatoms. The van der Waals surface area contributed by atoms with Crippen LogP contribution in [0.5, 0.6) is 0 Å².